The SMILES string of the molecule is NNC(CCC1CCCCO1)c1ccccc1. The lowest BCUT2D eigenvalue weighted by Crippen LogP contribution is -2.29. The van der Waals surface area contributed by atoms with Crippen molar-refractivity contribution in [1.29, 1.82) is 0 Å². The smallest absolute Gasteiger partial charge is 0.0575 e. The van der Waals surface area contributed by atoms with E-state index in [0.29, 0.717) is 6.10 Å². The van der Waals surface area contributed by atoms with Gasteiger partial charge in [-0.05, 0) is 37.7 Å². The maximum absolute atomic E-state index is 5.74. The zero-order valence-corrected chi connectivity index (χ0v) is 10.3. The van der Waals surface area contributed by atoms with Gasteiger partial charge in [0.25, 0.3) is 0 Å². The third-order valence-corrected chi connectivity index (χ3v) is 3.45. The van der Waals surface area contributed by atoms with Gasteiger partial charge in [0.1, 0.15) is 0 Å². The minimum Gasteiger partial charge on any atom is -0.378 e. The van der Waals surface area contributed by atoms with Crippen molar-refractivity contribution in [2.75, 3.05) is 6.61 Å². The molecule has 1 aromatic rings. The predicted molar refractivity (Wildman–Crippen MR) is 69.3 cm³/mol. The Morgan fingerprint density at radius 2 is 2.12 bits per heavy atom. The molecular weight excluding hydrogens is 212 g/mol. The fourth-order valence-corrected chi connectivity index (χ4v) is 2.42. The molecule has 3 nitrogen and oxygen atoms in total. The third-order valence-electron chi connectivity index (χ3n) is 3.45. The molecule has 1 aliphatic heterocycles. The van der Waals surface area contributed by atoms with Crippen LogP contribution >= 0.6 is 0 Å². The zero-order chi connectivity index (χ0) is 11.9. The molecule has 1 saturated heterocycles. The second-order valence-electron chi connectivity index (χ2n) is 4.70. The van der Waals surface area contributed by atoms with Crippen molar-refractivity contribution >= 4 is 0 Å². The predicted octanol–water partition coefficient (Wildman–Crippen LogP) is 2.54. The molecule has 3 N–H and O–H groups in total. The van der Waals surface area contributed by atoms with Crippen LogP contribution in [0.4, 0.5) is 0 Å². The molecule has 0 aliphatic carbocycles. The van der Waals surface area contributed by atoms with Gasteiger partial charge in [-0.1, -0.05) is 30.3 Å². The molecule has 0 amide bonds. The molecule has 1 fully saturated rings. The van der Waals surface area contributed by atoms with E-state index in [-0.39, 0.29) is 6.04 Å². The van der Waals surface area contributed by atoms with Crippen LogP contribution in [0.1, 0.15) is 43.7 Å². The Balaban J connectivity index is 1.83. The molecule has 1 aliphatic rings. The van der Waals surface area contributed by atoms with Gasteiger partial charge in [0, 0.05) is 12.6 Å². The monoisotopic (exact) mass is 234 g/mol. The van der Waals surface area contributed by atoms with Crippen LogP contribution < -0.4 is 11.3 Å². The normalized spacial score (nSPS) is 22.3. The number of hydrogen-bond acceptors (Lipinski definition) is 3. The average molecular weight is 234 g/mol. The molecule has 3 heteroatoms. The lowest BCUT2D eigenvalue weighted by Gasteiger charge is -2.24. The fraction of sp³-hybridized carbons (Fsp3) is 0.571. The van der Waals surface area contributed by atoms with Gasteiger partial charge in [-0.15, -0.1) is 0 Å². The molecule has 0 radical (unpaired) electrons. The molecule has 2 unspecified atom stereocenters. The molecule has 0 bridgehead atoms. The quantitative estimate of drug-likeness (QED) is 0.608. The second kappa shape index (κ2) is 6.74. The first-order chi connectivity index (χ1) is 8.40. The summed E-state index contributed by atoms with van der Waals surface area (Å²) in [5.74, 6) is 5.63. The Morgan fingerprint density at radius 1 is 1.29 bits per heavy atom. The summed E-state index contributed by atoms with van der Waals surface area (Å²) < 4.78 is 5.74. The number of nitrogens with two attached hydrogens (primary N) is 1. The summed E-state index contributed by atoms with van der Waals surface area (Å²) in [6.07, 6.45) is 6.27. The van der Waals surface area contributed by atoms with E-state index in [1.807, 2.05) is 6.07 Å². The van der Waals surface area contributed by atoms with Crippen LogP contribution in [-0.2, 0) is 4.74 Å². The number of hydrogen-bond donors (Lipinski definition) is 2. The van der Waals surface area contributed by atoms with Crippen LogP contribution in [0.25, 0.3) is 0 Å². The molecule has 2 rings (SSSR count). The first-order valence-electron chi connectivity index (χ1n) is 6.53. The summed E-state index contributed by atoms with van der Waals surface area (Å²) in [6, 6.07) is 10.6. The number of benzene rings is 1. The standard InChI is InChI=1S/C14H22N2O/c15-16-14(12-6-2-1-3-7-12)10-9-13-8-4-5-11-17-13/h1-3,6-7,13-14,16H,4-5,8-11,15H2. The summed E-state index contributed by atoms with van der Waals surface area (Å²) in [7, 11) is 0. The van der Waals surface area contributed by atoms with E-state index in [4.69, 9.17) is 10.6 Å². The first-order valence-corrected chi connectivity index (χ1v) is 6.53. The molecule has 1 heterocycles. The maximum atomic E-state index is 5.74. The van der Waals surface area contributed by atoms with E-state index < -0.39 is 0 Å². The summed E-state index contributed by atoms with van der Waals surface area (Å²) in [4.78, 5) is 0. The van der Waals surface area contributed by atoms with Crippen molar-refractivity contribution in [3.8, 4) is 0 Å². The van der Waals surface area contributed by atoms with Crippen molar-refractivity contribution in [2.45, 2.75) is 44.2 Å². The Bertz CT molecular complexity index is 309. The van der Waals surface area contributed by atoms with Gasteiger partial charge >= 0.3 is 0 Å². The van der Waals surface area contributed by atoms with E-state index in [1.165, 1.54) is 24.8 Å². The van der Waals surface area contributed by atoms with Crippen LogP contribution in [0.5, 0.6) is 0 Å². The van der Waals surface area contributed by atoms with Crippen molar-refractivity contribution in [3.05, 3.63) is 35.9 Å². The van der Waals surface area contributed by atoms with Crippen LogP contribution in [0.2, 0.25) is 0 Å². The van der Waals surface area contributed by atoms with Crippen molar-refractivity contribution in [1.82, 2.24) is 5.43 Å². The number of nitrogens with one attached hydrogen (secondary N) is 1. The second-order valence-corrected chi connectivity index (χ2v) is 4.70. The van der Waals surface area contributed by atoms with Gasteiger partial charge in [-0.3, -0.25) is 11.3 Å². The maximum Gasteiger partial charge on any atom is 0.0575 e. The Kier molecular flexibility index (Phi) is 4.98. The van der Waals surface area contributed by atoms with Crippen molar-refractivity contribution < 1.29 is 4.74 Å². The van der Waals surface area contributed by atoms with Gasteiger partial charge in [0.15, 0.2) is 0 Å². The summed E-state index contributed by atoms with van der Waals surface area (Å²) in [6.45, 7) is 0.927. The fourth-order valence-electron chi connectivity index (χ4n) is 2.42. The average Bonchev–Trinajstić information content (AvgIpc) is 2.42. The van der Waals surface area contributed by atoms with Gasteiger partial charge in [-0.25, -0.2) is 0 Å². The van der Waals surface area contributed by atoms with Crippen LogP contribution in [-0.4, -0.2) is 12.7 Å². The van der Waals surface area contributed by atoms with Crippen molar-refractivity contribution in [2.24, 2.45) is 5.84 Å². The van der Waals surface area contributed by atoms with Crippen LogP contribution in [0.3, 0.4) is 0 Å². The third kappa shape index (κ3) is 3.80. The highest BCUT2D eigenvalue weighted by atomic mass is 16.5. The lowest BCUT2D eigenvalue weighted by atomic mass is 9.98. The molecule has 0 saturated carbocycles. The zero-order valence-electron chi connectivity index (χ0n) is 10.3. The van der Waals surface area contributed by atoms with E-state index in [2.05, 4.69) is 29.7 Å². The minimum absolute atomic E-state index is 0.238. The highest BCUT2D eigenvalue weighted by Gasteiger charge is 2.16. The lowest BCUT2D eigenvalue weighted by molar-refractivity contribution is 0.00854. The molecule has 1 aromatic carbocycles. The highest BCUT2D eigenvalue weighted by Crippen LogP contribution is 2.23. The number of hydrazine groups is 1. The molecule has 94 valence electrons. The Morgan fingerprint density at radius 3 is 2.76 bits per heavy atom. The van der Waals surface area contributed by atoms with E-state index in [9.17, 15) is 0 Å². The first kappa shape index (κ1) is 12.6. The minimum atomic E-state index is 0.238. The molecule has 17 heavy (non-hydrogen) atoms. The summed E-state index contributed by atoms with van der Waals surface area (Å²) >= 11 is 0. The van der Waals surface area contributed by atoms with E-state index in [1.54, 1.807) is 0 Å². The summed E-state index contributed by atoms with van der Waals surface area (Å²) in [5.41, 5.74) is 4.16. The topological polar surface area (TPSA) is 47.3 Å². The van der Waals surface area contributed by atoms with Crippen molar-refractivity contribution in [3.63, 3.8) is 0 Å². The van der Waals surface area contributed by atoms with E-state index >= 15 is 0 Å². The van der Waals surface area contributed by atoms with Gasteiger partial charge in [0.05, 0.1) is 6.10 Å². The number of ether oxygens (including phenoxy) is 1. The largest absolute Gasteiger partial charge is 0.378 e. The molecule has 2 atom stereocenters. The summed E-state index contributed by atoms with van der Waals surface area (Å²) in [5, 5.41) is 0. The van der Waals surface area contributed by atoms with E-state index in [0.717, 1.165) is 19.4 Å². The molecular formula is C14H22N2O. The van der Waals surface area contributed by atoms with Gasteiger partial charge < -0.3 is 4.74 Å². The van der Waals surface area contributed by atoms with Crippen LogP contribution in [0, 0.1) is 0 Å². The molecule has 0 aromatic heterocycles. The number of rotatable bonds is 5. The van der Waals surface area contributed by atoms with Gasteiger partial charge in [0.2, 0.25) is 0 Å². The molecule has 0 spiro atoms. The highest BCUT2D eigenvalue weighted by molar-refractivity contribution is 5.18. The Hall–Kier alpha value is -0.900. The van der Waals surface area contributed by atoms with Gasteiger partial charge in [-0.2, -0.15) is 0 Å². The Labute approximate surface area is 103 Å². The van der Waals surface area contributed by atoms with Crippen LogP contribution in [0.15, 0.2) is 30.3 Å².